The number of nitrogens with two attached hydrogens (primary N) is 1. The summed E-state index contributed by atoms with van der Waals surface area (Å²) in [6, 6.07) is 17.5. The van der Waals surface area contributed by atoms with Gasteiger partial charge in [-0.15, -0.1) is 11.3 Å². The molecule has 0 aliphatic rings. The molecule has 32 heavy (non-hydrogen) atoms. The summed E-state index contributed by atoms with van der Waals surface area (Å²) in [6.07, 6.45) is 0.983. The number of aromatic nitrogens is 2. The topological polar surface area (TPSA) is 90.0 Å². The number of para-hydroxylation sites is 1. The molecule has 6 nitrogen and oxygen atoms in total. The molecule has 0 aliphatic carbocycles. The Morgan fingerprint density at radius 3 is 2.66 bits per heavy atom. The molecule has 0 spiro atoms. The number of carbonyl (C=O) groups excluding carboxylic acids is 1. The average Bonchev–Trinajstić information content (AvgIpc) is 3.25. The predicted molar refractivity (Wildman–Crippen MR) is 134 cm³/mol. The first kappa shape index (κ1) is 22.1. The van der Waals surface area contributed by atoms with Crippen LogP contribution in [0.15, 0.2) is 69.9 Å². The summed E-state index contributed by atoms with van der Waals surface area (Å²) in [5, 5.41) is 5.71. The number of nitrogens with zero attached hydrogens (tertiary/aromatic N) is 2. The van der Waals surface area contributed by atoms with E-state index < -0.39 is 0 Å². The molecule has 0 saturated heterocycles. The zero-order valence-corrected chi connectivity index (χ0v) is 19.5. The maximum absolute atomic E-state index is 13.0. The highest BCUT2D eigenvalue weighted by Gasteiger charge is 2.17. The first-order valence-electron chi connectivity index (χ1n) is 10.4. The summed E-state index contributed by atoms with van der Waals surface area (Å²) in [4.78, 5) is 30.8. The number of nitrogens with one attached hydrogen (secondary N) is 1. The molecule has 3 N–H and O–H groups in total. The predicted octanol–water partition coefficient (Wildman–Crippen LogP) is 5.08. The molecule has 1 amide bonds. The molecule has 164 valence electrons. The van der Waals surface area contributed by atoms with Gasteiger partial charge in [-0.05, 0) is 29.5 Å². The van der Waals surface area contributed by atoms with Gasteiger partial charge in [0.15, 0.2) is 5.16 Å². The van der Waals surface area contributed by atoms with Gasteiger partial charge in [-0.25, -0.2) is 9.66 Å². The van der Waals surface area contributed by atoms with Crippen LogP contribution in [0.25, 0.3) is 21.3 Å². The van der Waals surface area contributed by atoms with Crippen LogP contribution in [0.2, 0.25) is 0 Å². The van der Waals surface area contributed by atoms with Crippen LogP contribution in [0.5, 0.6) is 0 Å². The van der Waals surface area contributed by atoms with Crippen LogP contribution >= 0.6 is 23.1 Å². The quantitative estimate of drug-likeness (QED) is 0.226. The molecule has 4 aromatic rings. The molecule has 2 aromatic heterocycles. The molecule has 0 fully saturated rings. The van der Waals surface area contributed by atoms with Crippen LogP contribution in [0.4, 0.5) is 5.69 Å². The summed E-state index contributed by atoms with van der Waals surface area (Å²) in [5.74, 6) is 6.34. The summed E-state index contributed by atoms with van der Waals surface area (Å²) in [5.41, 5.74) is 3.36. The Balaban J connectivity index is 1.54. The lowest BCUT2D eigenvalue weighted by molar-refractivity contribution is -0.113. The summed E-state index contributed by atoms with van der Waals surface area (Å²) >= 11 is 2.55. The van der Waals surface area contributed by atoms with Crippen LogP contribution in [0.3, 0.4) is 0 Å². The van der Waals surface area contributed by atoms with E-state index in [4.69, 9.17) is 5.84 Å². The summed E-state index contributed by atoms with van der Waals surface area (Å²) in [6.45, 7) is 4.26. The number of thiophene rings is 1. The van der Waals surface area contributed by atoms with Crippen molar-refractivity contribution in [2.45, 2.75) is 31.3 Å². The van der Waals surface area contributed by atoms with E-state index in [0.29, 0.717) is 21.3 Å². The third-order valence-corrected chi connectivity index (χ3v) is 7.23. The van der Waals surface area contributed by atoms with Crippen molar-refractivity contribution >= 4 is 44.9 Å². The molecule has 4 rings (SSSR count). The molecular weight excluding hydrogens is 440 g/mol. The fourth-order valence-electron chi connectivity index (χ4n) is 3.49. The van der Waals surface area contributed by atoms with Gasteiger partial charge >= 0.3 is 0 Å². The SMILES string of the molecule is CC[C@@H](C)c1ccccc1NC(=O)CSc1nc2scc(-c3ccccc3)c2c(=O)n1N. The highest BCUT2D eigenvalue weighted by molar-refractivity contribution is 7.99. The van der Waals surface area contributed by atoms with Crippen LogP contribution in [0.1, 0.15) is 31.7 Å². The summed E-state index contributed by atoms with van der Waals surface area (Å²) < 4.78 is 1.03. The fraction of sp³-hybridized carbons (Fsp3) is 0.208. The first-order chi connectivity index (χ1) is 15.5. The number of amides is 1. The Bertz CT molecular complexity index is 1310. The highest BCUT2D eigenvalue weighted by Crippen LogP contribution is 2.32. The van der Waals surface area contributed by atoms with Gasteiger partial charge in [0.2, 0.25) is 5.91 Å². The Labute approximate surface area is 194 Å². The molecule has 1 atom stereocenters. The second kappa shape index (κ2) is 9.58. The van der Waals surface area contributed by atoms with Crippen LogP contribution in [-0.4, -0.2) is 21.3 Å². The first-order valence-corrected chi connectivity index (χ1v) is 12.2. The number of nitrogen functional groups attached to an aromatic ring is 1. The van der Waals surface area contributed by atoms with E-state index in [1.807, 2.05) is 60.0 Å². The molecule has 2 heterocycles. The van der Waals surface area contributed by atoms with E-state index in [1.54, 1.807) is 0 Å². The number of hydrogen-bond donors (Lipinski definition) is 2. The van der Waals surface area contributed by atoms with Gasteiger partial charge in [0.1, 0.15) is 4.83 Å². The standard InChI is InChI=1S/C24H24N4O2S2/c1-3-15(2)17-11-7-8-12-19(17)26-20(29)14-32-24-27-22-21(23(30)28(24)25)18(13-31-22)16-9-5-4-6-10-16/h4-13,15H,3,14,25H2,1-2H3,(H,26,29)/t15-/m1/s1. The lowest BCUT2D eigenvalue weighted by atomic mass is 9.97. The number of fused-ring (bicyclic) bond motifs is 1. The average molecular weight is 465 g/mol. The summed E-state index contributed by atoms with van der Waals surface area (Å²) in [7, 11) is 0. The number of thioether (sulfide) groups is 1. The zero-order valence-electron chi connectivity index (χ0n) is 17.9. The molecule has 0 aliphatic heterocycles. The maximum atomic E-state index is 13.0. The van der Waals surface area contributed by atoms with Crippen LogP contribution < -0.4 is 16.7 Å². The van der Waals surface area contributed by atoms with E-state index in [-0.39, 0.29) is 17.2 Å². The van der Waals surface area contributed by atoms with Gasteiger partial charge in [-0.3, -0.25) is 9.59 Å². The second-order valence-electron chi connectivity index (χ2n) is 7.50. The van der Waals surface area contributed by atoms with Crippen molar-refractivity contribution in [1.82, 2.24) is 9.66 Å². The molecule has 0 radical (unpaired) electrons. The maximum Gasteiger partial charge on any atom is 0.282 e. The minimum Gasteiger partial charge on any atom is -0.334 e. The van der Waals surface area contributed by atoms with Crippen LogP contribution in [0, 0.1) is 0 Å². The largest absolute Gasteiger partial charge is 0.334 e. The van der Waals surface area contributed by atoms with Crippen molar-refractivity contribution < 1.29 is 4.79 Å². The Morgan fingerprint density at radius 1 is 1.19 bits per heavy atom. The van der Waals surface area contributed by atoms with E-state index >= 15 is 0 Å². The van der Waals surface area contributed by atoms with Crippen molar-refractivity contribution in [3.05, 3.63) is 75.9 Å². The zero-order chi connectivity index (χ0) is 22.7. The van der Waals surface area contributed by atoms with E-state index in [1.165, 1.54) is 11.3 Å². The van der Waals surface area contributed by atoms with Gasteiger partial charge < -0.3 is 11.2 Å². The lowest BCUT2D eigenvalue weighted by Gasteiger charge is -2.15. The monoisotopic (exact) mass is 464 g/mol. The fourth-order valence-corrected chi connectivity index (χ4v) is 5.20. The van der Waals surface area contributed by atoms with Crippen molar-refractivity contribution in [2.75, 3.05) is 16.9 Å². The van der Waals surface area contributed by atoms with Gasteiger partial charge in [-0.2, -0.15) is 0 Å². The van der Waals surface area contributed by atoms with Gasteiger partial charge in [0.25, 0.3) is 5.56 Å². The van der Waals surface area contributed by atoms with Gasteiger partial charge in [0.05, 0.1) is 11.1 Å². The number of benzene rings is 2. The highest BCUT2D eigenvalue weighted by atomic mass is 32.2. The smallest absolute Gasteiger partial charge is 0.282 e. The number of carbonyl (C=O) groups is 1. The Hall–Kier alpha value is -3.10. The minimum absolute atomic E-state index is 0.0981. The molecule has 0 unspecified atom stereocenters. The normalized spacial score (nSPS) is 12.1. The van der Waals surface area contributed by atoms with E-state index in [9.17, 15) is 9.59 Å². The van der Waals surface area contributed by atoms with Crippen molar-refractivity contribution in [3.8, 4) is 11.1 Å². The molecular formula is C24H24N4O2S2. The van der Waals surface area contributed by atoms with Crippen molar-refractivity contribution in [3.63, 3.8) is 0 Å². The Morgan fingerprint density at radius 2 is 1.91 bits per heavy atom. The van der Waals surface area contributed by atoms with Gasteiger partial charge in [0, 0.05) is 16.6 Å². The Kier molecular flexibility index (Phi) is 6.62. The van der Waals surface area contributed by atoms with Crippen LogP contribution in [-0.2, 0) is 4.79 Å². The number of hydrogen-bond acceptors (Lipinski definition) is 6. The third-order valence-electron chi connectivity index (χ3n) is 5.40. The molecule has 8 heteroatoms. The number of rotatable bonds is 7. The van der Waals surface area contributed by atoms with E-state index in [2.05, 4.69) is 24.1 Å². The molecule has 0 bridgehead atoms. The molecule has 2 aromatic carbocycles. The van der Waals surface area contributed by atoms with Crippen molar-refractivity contribution in [2.24, 2.45) is 0 Å². The second-order valence-corrected chi connectivity index (χ2v) is 9.30. The van der Waals surface area contributed by atoms with Gasteiger partial charge in [-0.1, -0.05) is 74.1 Å². The molecule has 0 saturated carbocycles. The number of anilines is 1. The van der Waals surface area contributed by atoms with E-state index in [0.717, 1.165) is 45.2 Å². The lowest BCUT2D eigenvalue weighted by Crippen LogP contribution is -2.30. The third kappa shape index (κ3) is 4.42. The van der Waals surface area contributed by atoms with Crippen molar-refractivity contribution in [1.29, 1.82) is 0 Å². The minimum atomic E-state index is -0.319.